The Labute approximate surface area is 183 Å². The van der Waals surface area contributed by atoms with Crippen LogP contribution in [-0.4, -0.2) is 34.1 Å². The number of carboxylic acids is 4. The largest absolute Gasteiger partial charge is 1.00 e. The van der Waals surface area contributed by atoms with Crippen LogP contribution in [0.15, 0.2) is 0 Å². The Morgan fingerprint density at radius 1 is 0.708 bits per heavy atom. The summed E-state index contributed by atoms with van der Waals surface area (Å²) in [5.74, 6) is -5.62. The van der Waals surface area contributed by atoms with Gasteiger partial charge in [-0.1, -0.05) is 12.8 Å². The molecule has 0 aromatic carbocycles. The van der Waals surface area contributed by atoms with E-state index in [1.807, 2.05) is 0 Å². The van der Waals surface area contributed by atoms with Crippen molar-refractivity contribution in [2.24, 2.45) is 10.8 Å². The first kappa shape index (κ1) is 26.1. The summed E-state index contributed by atoms with van der Waals surface area (Å²) in [6.07, 6.45) is -1.30. The van der Waals surface area contributed by atoms with Gasteiger partial charge >= 0.3 is 71.1 Å². The first-order valence-electron chi connectivity index (χ1n) is 6.96. The normalized spacial score (nSPS) is 25.7. The maximum Gasteiger partial charge on any atom is 1.00 e. The van der Waals surface area contributed by atoms with E-state index >= 15 is 0 Å². The number of carbonyl (C=O) groups is 4. The van der Waals surface area contributed by atoms with Crippen molar-refractivity contribution in [2.75, 3.05) is 0 Å². The molecule has 0 bridgehead atoms. The fraction of sp³-hybridized carbons (Fsp3) is 0.714. The van der Waals surface area contributed by atoms with Crippen LogP contribution in [0.1, 0.15) is 51.4 Å². The van der Waals surface area contributed by atoms with Crippen LogP contribution in [0.3, 0.4) is 0 Å². The smallest absolute Gasteiger partial charge is 0.550 e. The average molecular weight is 360 g/mol. The zero-order valence-electron chi connectivity index (χ0n) is 14.0. The second-order valence-electron chi connectivity index (χ2n) is 6.01. The van der Waals surface area contributed by atoms with Gasteiger partial charge in [0.2, 0.25) is 0 Å². The van der Waals surface area contributed by atoms with Crippen molar-refractivity contribution in [2.45, 2.75) is 51.4 Å². The van der Waals surface area contributed by atoms with Crippen LogP contribution in [0.4, 0.5) is 0 Å². The van der Waals surface area contributed by atoms with Crippen molar-refractivity contribution in [1.29, 1.82) is 0 Å². The summed E-state index contributed by atoms with van der Waals surface area (Å²) in [5, 5.41) is 40.4. The van der Waals surface area contributed by atoms with Crippen molar-refractivity contribution in [3.8, 4) is 0 Å². The van der Waals surface area contributed by atoms with Gasteiger partial charge in [-0.25, -0.2) is 0 Å². The molecule has 10 heteroatoms. The van der Waals surface area contributed by atoms with Crippen molar-refractivity contribution in [3.05, 3.63) is 0 Å². The minimum absolute atomic E-state index is 0. The molecule has 0 amide bonds. The van der Waals surface area contributed by atoms with E-state index < -0.39 is 60.4 Å². The van der Waals surface area contributed by atoms with Crippen molar-refractivity contribution >= 4 is 23.9 Å². The molecular weight excluding hydrogens is 342 g/mol. The zero-order chi connectivity index (χ0) is 17.0. The van der Waals surface area contributed by atoms with E-state index in [1.54, 1.807) is 0 Å². The van der Waals surface area contributed by atoms with Crippen LogP contribution in [0.5, 0.6) is 0 Å². The van der Waals surface area contributed by atoms with Crippen molar-refractivity contribution in [3.63, 3.8) is 0 Å². The zero-order valence-corrected chi connectivity index (χ0v) is 18.0. The minimum Gasteiger partial charge on any atom is -0.550 e. The van der Waals surface area contributed by atoms with Gasteiger partial charge < -0.3 is 30.0 Å². The van der Waals surface area contributed by atoms with Crippen LogP contribution in [-0.2, 0) is 19.2 Å². The molecule has 1 aliphatic carbocycles. The quantitative estimate of drug-likeness (QED) is 0.405. The SMILES string of the molecule is O=C([O-])CC1(CC(=O)O)CCCCC1(CC(=O)[O-])CC(=O)O.[Na+].[Na+]. The number of aliphatic carboxylic acids is 4. The van der Waals surface area contributed by atoms with Crippen molar-refractivity contribution < 1.29 is 98.7 Å². The van der Waals surface area contributed by atoms with E-state index in [-0.39, 0.29) is 72.0 Å². The van der Waals surface area contributed by atoms with Gasteiger partial charge in [0.05, 0.1) is 12.8 Å². The Hall–Kier alpha value is -0.120. The number of rotatable bonds is 8. The van der Waals surface area contributed by atoms with Gasteiger partial charge in [-0.2, -0.15) is 0 Å². The third kappa shape index (κ3) is 6.65. The standard InChI is InChI=1S/C14H20O8.2Na/c15-9(16)5-13(6-10(17)18)3-1-2-4-14(13,7-11(19)20)8-12(21)22;;/h1-8H2,(H,15,16)(H,17,18)(H,19,20)(H,21,22);;/q;2*+1/p-2. The van der Waals surface area contributed by atoms with E-state index in [4.69, 9.17) is 10.2 Å². The summed E-state index contributed by atoms with van der Waals surface area (Å²) in [4.78, 5) is 44.6. The third-order valence-corrected chi connectivity index (χ3v) is 4.63. The molecule has 0 aliphatic heterocycles. The third-order valence-electron chi connectivity index (χ3n) is 4.63. The van der Waals surface area contributed by atoms with Crippen LogP contribution in [0, 0.1) is 10.8 Å². The first-order valence-corrected chi connectivity index (χ1v) is 6.96. The molecular formula is C14H18Na2O8. The Kier molecular flexibility index (Phi) is 11.7. The summed E-state index contributed by atoms with van der Waals surface area (Å²) in [6, 6.07) is 0. The molecule has 1 saturated carbocycles. The second kappa shape index (κ2) is 10.8. The average Bonchev–Trinajstić information content (AvgIpc) is 2.29. The van der Waals surface area contributed by atoms with E-state index in [9.17, 15) is 29.4 Å². The molecule has 0 saturated heterocycles. The summed E-state index contributed by atoms with van der Waals surface area (Å²) >= 11 is 0. The molecule has 2 atom stereocenters. The molecule has 2 unspecified atom stereocenters. The molecule has 0 heterocycles. The maximum absolute atomic E-state index is 11.2. The molecule has 1 fully saturated rings. The van der Waals surface area contributed by atoms with Gasteiger partial charge in [0.15, 0.2) is 0 Å². The Balaban J connectivity index is 0. The molecule has 0 spiro atoms. The fourth-order valence-corrected chi connectivity index (χ4v) is 3.82. The Bertz CT molecular complexity index is 415. The van der Waals surface area contributed by atoms with Gasteiger partial charge in [-0.05, 0) is 36.5 Å². The molecule has 124 valence electrons. The monoisotopic (exact) mass is 360 g/mol. The molecule has 8 nitrogen and oxygen atoms in total. The van der Waals surface area contributed by atoms with E-state index in [0.29, 0.717) is 12.8 Å². The summed E-state index contributed by atoms with van der Waals surface area (Å²) < 4.78 is 0. The van der Waals surface area contributed by atoms with Crippen molar-refractivity contribution in [1.82, 2.24) is 0 Å². The number of carbonyl (C=O) groups excluding carboxylic acids is 2. The predicted octanol–water partition coefficient (Wildman–Crippen LogP) is -7.23. The summed E-state index contributed by atoms with van der Waals surface area (Å²) in [6.45, 7) is 0. The number of hydrogen-bond acceptors (Lipinski definition) is 6. The second-order valence-corrected chi connectivity index (χ2v) is 6.01. The molecule has 2 N–H and O–H groups in total. The van der Waals surface area contributed by atoms with Crippen LogP contribution in [0.2, 0.25) is 0 Å². The molecule has 24 heavy (non-hydrogen) atoms. The van der Waals surface area contributed by atoms with Crippen LogP contribution in [0.25, 0.3) is 0 Å². The molecule has 0 aromatic rings. The predicted molar refractivity (Wildman–Crippen MR) is 67.1 cm³/mol. The van der Waals surface area contributed by atoms with Crippen LogP contribution < -0.4 is 69.3 Å². The van der Waals surface area contributed by atoms with Gasteiger partial charge in [0.1, 0.15) is 0 Å². The number of carboxylic acid groups (broad SMARTS) is 4. The van der Waals surface area contributed by atoms with Gasteiger partial charge in [0.25, 0.3) is 0 Å². The van der Waals surface area contributed by atoms with E-state index in [1.165, 1.54) is 0 Å². The fourth-order valence-electron chi connectivity index (χ4n) is 3.82. The van der Waals surface area contributed by atoms with Gasteiger partial charge in [-0.15, -0.1) is 0 Å². The first-order chi connectivity index (χ1) is 10.1. The molecule has 0 radical (unpaired) electrons. The molecule has 0 aromatic heterocycles. The van der Waals surface area contributed by atoms with Crippen LogP contribution >= 0.6 is 0 Å². The topological polar surface area (TPSA) is 155 Å². The maximum atomic E-state index is 11.2. The number of hydrogen-bond donors (Lipinski definition) is 2. The Morgan fingerprint density at radius 3 is 1.21 bits per heavy atom. The van der Waals surface area contributed by atoms with E-state index in [2.05, 4.69) is 0 Å². The summed E-state index contributed by atoms with van der Waals surface area (Å²) in [5.41, 5.74) is -2.93. The Morgan fingerprint density at radius 2 is 1.00 bits per heavy atom. The van der Waals surface area contributed by atoms with Gasteiger partial charge in [-0.3, -0.25) is 9.59 Å². The van der Waals surface area contributed by atoms with E-state index in [0.717, 1.165) is 0 Å². The molecule has 1 aliphatic rings. The molecule has 1 rings (SSSR count). The minimum atomic E-state index is -1.52. The van der Waals surface area contributed by atoms with Gasteiger partial charge in [0, 0.05) is 11.9 Å². The summed E-state index contributed by atoms with van der Waals surface area (Å²) in [7, 11) is 0.